The van der Waals surface area contributed by atoms with Crippen LogP contribution >= 0.6 is 0 Å². The molecule has 1 amide bonds. The Bertz CT molecular complexity index is 991. The van der Waals surface area contributed by atoms with E-state index in [2.05, 4.69) is 26.1 Å². The molecule has 3 aromatic rings. The van der Waals surface area contributed by atoms with Crippen LogP contribution in [0.5, 0.6) is 0 Å². The fraction of sp³-hybridized carbons (Fsp3) is 0.389. The zero-order valence-corrected chi connectivity index (χ0v) is 14.2. The minimum atomic E-state index is -0.608. The molecule has 3 aromatic heterocycles. The number of hydrogen-bond donors (Lipinski definition) is 2. The van der Waals surface area contributed by atoms with Gasteiger partial charge in [-0.1, -0.05) is 12.8 Å². The number of rotatable bonds is 5. The van der Waals surface area contributed by atoms with Crippen molar-refractivity contribution in [1.82, 2.24) is 24.7 Å². The molecule has 1 unspecified atom stereocenters. The number of nitrogens with zero attached hydrogens (tertiary/aromatic N) is 5. The Hall–Kier alpha value is -3.21. The summed E-state index contributed by atoms with van der Waals surface area (Å²) in [7, 11) is 0. The zero-order valence-electron chi connectivity index (χ0n) is 14.2. The average Bonchev–Trinajstić information content (AvgIpc) is 3.39. The van der Waals surface area contributed by atoms with Gasteiger partial charge in [0.2, 0.25) is 0 Å². The number of fused-ring (bicyclic) bond motifs is 1. The first-order valence-electron chi connectivity index (χ1n) is 8.73. The van der Waals surface area contributed by atoms with Gasteiger partial charge in [0.1, 0.15) is 12.0 Å². The van der Waals surface area contributed by atoms with Crippen LogP contribution in [0.2, 0.25) is 0 Å². The molecule has 0 saturated heterocycles. The Morgan fingerprint density at radius 2 is 2.23 bits per heavy atom. The van der Waals surface area contributed by atoms with Crippen LogP contribution in [0.1, 0.15) is 48.6 Å². The summed E-state index contributed by atoms with van der Waals surface area (Å²) in [6.07, 6.45) is 9.85. The Morgan fingerprint density at radius 3 is 2.96 bits per heavy atom. The number of nitriles is 1. The van der Waals surface area contributed by atoms with Crippen molar-refractivity contribution in [2.24, 2.45) is 11.7 Å². The van der Waals surface area contributed by atoms with E-state index in [0.29, 0.717) is 29.2 Å². The second kappa shape index (κ2) is 6.59. The highest BCUT2D eigenvalue weighted by molar-refractivity contribution is 6.01. The Balaban J connectivity index is 1.84. The van der Waals surface area contributed by atoms with Crippen molar-refractivity contribution in [3.63, 3.8) is 0 Å². The van der Waals surface area contributed by atoms with E-state index in [1.54, 1.807) is 17.1 Å². The predicted octanol–water partition coefficient (Wildman–Crippen LogP) is 2.57. The van der Waals surface area contributed by atoms with Crippen molar-refractivity contribution in [2.45, 2.75) is 38.1 Å². The van der Waals surface area contributed by atoms with Crippen molar-refractivity contribution in [2.75, 3.05) is 0 Å². The molecule has 3 N–H and O–H groups in total. The highest BCUT2D eigenvalue weighted by Crippen LogP contribution is 2.37. The first-order valence-corrected chi connectivity index (χ1v) is 8.73. The number of nitrogens with one attached hydrogen (secondary N) is 1. The van der Waals surface area contributed by atoms with E-state index < -0.39 is 5.91 Å². The van der Waals surface area contributed by atoms with Crippen LogP contribution in [0.25, 0.3) is 22.3 Å². The molecule has 8 heteroatoms. The van der Waals surface area contributed by atoms with Gasteiger partial charge in [0.25, 0.3) is 5.91 Å². The molecule has 0 radical (unpaired) electrons. The molecule has 0 spiro atoms. The summed E-state index contributed by atoms with van der Waals surface area (Å²) in [6, 6.07) is 4.06. The maximum atomic E-state index is 12.0. The number of nitrogens with two attached hydrogens (primary N) is 1. The fourth-order valence-corrected chi connectivity index (χ4v) is 3.92. The topological polar surface area (TPSA) is 126 Å². The standard InChI is InChI=1S/C18H19N7O/c19-7-5-14(11-3-1-2-4-11)25-9-13(16(24-25)17(20)26)15-12-6-8-21-18(12)23-10-22-15/h6,8-11,14H,1-5H2,(H2,20,26)(H,21,22,23). The van der Waals surface area contributed by atoms with Gasteiger partial charge in [-0.15, -0.1) is 0 Å². The van der Waals surface area contributed by atoms with Gasteiger partial charge >= 0.3 is 0 Å². The van der Waals surface area contributed by atoms with E-state index in [1.807, 2.05) is 6.07 Å². The molecule has 1 saturated carbocycles. The number of aromatic amines is 1. The van der Waals surface area contributed by atoms with Gasteiger partial charge in [-0.2, -0.15) is 10.4 Å². The van der Waals surface area contributed by atoms with Crippen LogP contribution in [-0.2, 0) is 0 Å². The quantitative estimate of drug-likeness (QED) is 0.732. The maximum absolute atomic E-state index is 12.0. The van der Waals surface area contributed by atoms with Crippen molar-refractivity contribution in [3.05, 3.63) is 30.5 Å². The third-order valence-electron chi connectivity index (χ3n) is 5.16. The lowest BCUT2D eigenvalue weighted by Gasteiger charge is -2.21. The fourth-order valence-electron chi connectivity index (χ4n) is 3.92. The SMILES string of the molecule is N#CCC(C1CCCC1)n1cc(-c2ncnc3[nH]ccc23)c(C(N)=O)n1. The maximum Gasteiger partial charge on any atom is 0.269 e. The molecule has 1 aliphatic rings. The normalized spacial score (nSPS) is 16.0. The largest absolute Gasteiger partial charge is 0.364 e. The molecular formula is C18H19N7O. The Labute approximate surface area is 150 Å². The highest BCUT2D eigenvalue weighted by atomic mass is 16.1. The molecule has 0 bridgehead atoms. The summed E-state index contributed by atoms with van der Waals surface area (Å²) in [6.45, 7) is 0. The Morgan fingerprint density at radius 1 is 1.42 bits per heavy atom. The van der Waals surface area contributed by atoms with E-state index in [-0.39, 0.29) is 11.7 Å². The number of H-pyrrole nitrogens is 1. The first kappa shape index (κ1) is 16.3. The van der Waals surface area contributed by atoms with E-state index in [1.165, 1.54) is 19.2 Å². The molecule has 1 atom stereocenters. The molecule has 26 heavy (non-hydrogen) atoms. The lowest BCUT2D eigenvalue weighted by molar-refractivity contribution is 0.0994. The monoisotopic (exact) mass is 349 g/mol. The molecule has 0 aromatic carbocycles. The summed E-state index contributed by atoms with van der Waals surface area (Å²) in [4.78, 5) is 23.6. The second-order valence-electron chi connectivity index (χ2n) is 6.67. The number of hydrogen-bond acceptors (Lipinski definition) is 5. The first-order chi connectivity index (χ1) is 12.7. The van der Waals surface area contributed by atoms with E-state index in [4.69, 9.17) is 5.73 Å². The van der Waals surface area contributed by atoms with Crippen LogP contribution in [-0.4, -0.2) is 30.6 Å². The third-order valence-corrected chi connectivity index (χ3v) is 5.16. The molecule has 1 fully saturated rings. The second-order valence-corrected chi connectivity index (χ2v) is 6.67. The van der Waals surface area contributed by atoms with Gasteiger partial charge in [0.05, 0.1) is 29.8 Å². The van der Waals surface area contributed by atoms with Gasteiger partial charge < -0.3 is 10.7 Å². The molecule has 3 heterocycles. The van der Waals surface area contributed by atoms with Crippen molar-refractivity contribution in [3.8, 4) is 17.3 Å². The number of amides is 1. The van der Waals surface area contributed by atoms with E-state index >= 15 is 0 Å². The molecular weight excluding hydrogens is 330 g/mol. The summed E-state index contributed by atoms with van der Waals surface area (Å²) in [5.41, 5.74) is 7.62. The summed E-state index contributed by atoms with van der Waals surface area (Å²) >= 11 is 0. The summed E-state index contributed by atoms with van der Waals surface area (Å²) in [5.74, 6) is -0.219. The minimum Gasteiger partial charge on any atom is -0.364 e. The lowest BCUT2D eigenvalue weighted by atomic mass is 9.96. The summed E-state index contributed by atoms with van der Waals surface area (Å²) in [5, 5.41) is 14.5. The number of primary amides is 1. The highest BCUT2D eigenvalue weighted by Gasteiger charge is 2.29. The van der Waals surface area contributed by atoms with Gasteiger partial charge in [-0.3, -0.25) is 9.48 Å². The predicted molar refractivity (Wildman–Crippen MR) is 94.9 cm³/mol. The van der Waals surface area contributed by atoms with Crippen LogP contribution in [0.3, 0.4) is 0 Å². The Kier molecular flexibility index (Phi) is 4.13. The van der Waals surface area contributed by atoms with Crippen molar-refractivity contribution < 1.29 is 4.79 Å². The molecule has 0 aliphatic heterocycles. The average molecular weight is 349 g/mol. The molecule has 4 rings (SSSR count). The lowest BCUT2D eigenvalue weighted by Crippen LogP contribution is -2.19. The van der Waals surface area contributed by atoms with Gasteiger partial charge in [0, 0.05) is 17.8 Å². The van der Waals surface area contributed by atoms with Gasteiger partial charge in [-0.25, -0.2) is 9.97 Å². The molecule has 1 aliphatic carbocycles. The number of carbonyl (C=O) groups is 1. The van der Waals surface area contributed by atoms with Crippen molar-refractivity contribution >= 4 is 16.9 Å². The minimum absolute atomic E-state index is 0.0575. The summed E-state index contributed by atoms with van der Waals surface area (Å²) < 4.78 is 1.75. The van der Waals surface area contributed by atoms with Crippen molar-refractivity contribution in [1.29, 1.82) is 5.26 Å². The van der Waals surface area contributed by atoms with E-state index in [0.717, 1.165) is 18.2 Å². The van der Waals surface area contributed by atoms with Crippen LogP contribution in [0.15, 0.2) is 24.8 Å². The number of aromatic nitrogens is 5. The third kappa shape index (κ3) is 2.71. The van der Waals surface area contributed by atoms with Crippen LogP contribution in [0.4, 0.5) is 0 Å². The van der Waals surface area contributed by atoms with E-state index in [9.17, 15) is 10.1 Å². The van der Waals surface area contributed by atoms with Crippen LogP contribution < -0.4 is 5.73 Å². The zero-order chi connectivity index (χ0) is 18.1. The van der Waals surface area contributed by atoms with Gasteiger partial charge in [-0.05, 0) is 24.8 Å². The molecule has 8 nitrogen and oxygen atoms in total. The molecule has 132 valence electrons. The van der Waals surface area contributed by atoms with Crippen LogP contribution in [0, 0.1) is 17.2 Å². The smallest absolute Gasteiger partial charge is 0.269 e. The number of carbonyl (C=O) groups excluding carboxylic acids is 1. The van der Waals surface area contributed by atoms with Gasteiger partial charge in [0.15, 0.2) is 5.69 Å².